The Morgan fingerprint density at radius 3 is 1.89 bits per heavy atom. The van der Waals surface area contributed by atoms with Gasteiger partial charge in [0.15, 0.2) is 0 Å². The zero-order chi connectivity index (χ0) is 13.9. The molecule has 0 aliphatic rings. The molecule has 0 bridgehead atoms. The minimum absolute atomic E-state index is 0.251. The maximum Gasteiger partial charge on any atom is 0.295 e. The number of aliphatic hydroxyl groups is 1. The summed E-state index contributed by atoms with van der Waals surface area (Å²) in [5.74, 6) is -2.25. The Morgan fingerprint density at radius 2 is 1.42 bits per heavy atom. The molecule has 0 unspecified atom stereocenters. The lowest BCUT2D eigenvalue weighted by molar-refractivity contribution is -0.0556. The van der Waals surface area contributed by atoms with E-state index in [1.807, 2.05) is 0 Å². The van der Waals surface area contributed by atoms with Crippen LogP contribution in [-0.4, -0.2) is 11.7 Å². The van der Waals surface area contributed by atoms with Crippen LogP contribution in [0.25, 0.3) is 0 Å². The van der Waals surface area contributed by atoms with Gasteiger partial charge in [-0.25, -0.2) is 0 Å². The van der Waals surface area contributed by atoms with Crippen molar-refractivity contribution >= 4 is 11.6 Å². The van der Waals surface area contributed by atoms with E-state index in [0.717, 1.165) is 0 Å². The molecule has 5 heteroatoms. The van der Waals surface area contributed by atoms with Crippen LogP contribution in [0, 0.1) is 0 Å². The van der Waals surface area contributed by atoms with Crippen molar-refractivity contribution in [2.75, 3.05) is 6.61 Å². The van der Waals surface area contributed by atoms with Crippen LogP contribution in [0.2, 0.25) is 5.02 Å². The predicted octanol–water partition coefficient (Wildman–Crippen LogP) is 4.22. The second-order valence-electron chi connectivity index (χ2n) is 3.94. The lowest BCUT2D eigenvalue weighted by Gasteiger charge is -2.14. The van der Waals surface area contributed by atoms with Gasteiger partial charge in [0.1, 0.15) is 18.1 Å². The fraction of sp³-hybridized carbons (Fsp3) is 0.143. The number of aliphatic hydroxyl groups excluding tert-OH is 1. The monoisotopic (exact) mass is 284 g/mol. The van der Waals surface area contributed by atoms with E-state index in [9.17, 15) is 8.78 Å². The van der Waals surface area contributed by atoms with E-state index >= 15 is 0 Å². The predicted molar refractivity (Wildman–Crippen MR) is 68.9 cm³/mol. The summed E-state index contributed by atoms with van der Waals surface area (Å²) in [6, 6.07) is 12.0. The normalized spacial score (nSPS) is 11.4. The molecule has 0 saturated heterocycles. The van der Waals surface area contributed by atoms with E-state index in [1.54, 1.807) is 24.3 Å². The molecule has 0 aliphatic carbocycles. The van der Waals surface area contributed by atoms with Crippen molar-refractivity contribution in [3.05, 3.63) is 59.1 Å². The van der Waals surface area contributed by atoms with E-state index in [4.69, 9.17) is 21.4 Å². The molecule has 1 N–H and O–H groups in total. The first-order valence-corrected chi connectivity index (χ1v) is 5.92. The van der Waals surface area contributed by atoms with Crippen LogP contribution in [-0.2, 0) is 5.92 Å². The first-order chi connectivity index (χ1) is 9.01. The Labute approximate surface area is 114 Å². The summed E-state index contributed by atoms with van der Waals surface area (Å²) < 4.78 is 31.8. The molecule has 2 nitrogen and oxygen atoms in total. The van der Waals surface area contributed by atoms with Gasteiger partial charge in [0.2, 0.25) is 0 Å². The molecule has 2 aromatic carbocycles. The third-order valence-electron chi connectivity index (χ3n) is 2.52. The quantitative estimate of drug-likeness (QED) is 0.911. The topological polar surface area (TPSA) is 29.5 Å². The number of benzene rings is 2. The van der Waals surface area contributed by atoms with Gasteiger partial charge in [-0.1, -0.05) is 11.6 Å². The zero-order valence-corrected chi connectivity index (χ0v) is 10.6. The number of alkyl halides is 2. The molecule has 19 heavy (non-hydrogen) atoms. The third kappa shape index (κ3) is 3.43. The van der Waals surface area contributed by atoms with Crippen molar-refractivity contribution in [1.29, 1.82) is 0 Å². The summed E-state index contributed by atoms with van der Waals surface area (Å²) in [6.45, 7) is -1.22. The van der Waals surface area contributed by atoms with Crippen LogP contribution < -0.4 is 4.74 Å². The summed E-state index contributed by atoms with van der Waals surface area (Å²) in [6.07, 6.45) is 0. The molecule has 0 aliphatic heterocycles. The highest BCUT2D eigenvalue weighted by Crippen LogP contribution is 2.30. The molecule has 0 amide bonds. The highest BCUT2D eigenvalue weighted by atomic mass is 35.5. The summed E-state index contributed by atoms with van der Waals surface area (Å²) in [5.41, 5.74) is -0.251. The largest absolute Gasteiger partial charge is 0.457 e. The van der Waals surface area contributed by atoms with Crippen LogP contribution in [0.1, 0.15) is 5.56 Å². The number of ether oxygens (including phenoxy) is 1. The van der Waals surface area contributed by atoms with Gasteiger partial charge in [0.25, 0.3) is 5.92 Å². The zero-order valence-electron chi connectivity index (χ0n) is 9.82. The highest BCUT2D eigenvalue weighted by molar-refractivity contribution is 6.30. The first-order valence-electron chi connectivity index (χ1n) is 5.54. The van der Waals surface area contributed by atoms with Gasteiger partial charge in [-0.3, -0.25) is 0 Å². The molecule has 100 valence electrons. The Kier molecular flexibility index (Phi) is 4.02. The Morgan fingerprint density at radius 1 is 0.947 bits per heavy atom. The lowest BCUT2D eigenvalue weighted by Crippen LogP contribution is -2.18. The number of hydrogen-bond acceptors (Lipinski definition) is 2. The maximum atomic E-state index is 13.2. The van der Waals surface area contributed by atoms with Crippen LogP contribution >= 0.6 is 11.6 Å². The van der Waals surface area contributed by atoms with Gasteiger partial charge in [0, 0.05) is 10.6 Å². The van der Waals surface area contributed by atoms with E-state index in [-0.39, 0.29) is 5.56 Å². The van der Waals surface area contributed by atoms with Crippen LogP contribution in [0.15, 0.2) is 48.5 Å². The van der Waals surface area contributed by atoms with E-state index < -0.39 is 12.5 Å². The van der Waals surface area contributed by atoms with Crippen molar-refractivity contribution in [3.8, 4) is 11.5 Å². The van der Waals surface area contributed by atoms with Gasteiger partial charge in [0.05, 0.1) is 0 Å². The van der Waals surface area contributed by atoms with Crippen molar-refractivity contribution in [1.82, 2.24) is 0 Å². The SMILES string of the molecule is OCC(F)(F)c1ccc(Oc2ccc(Cl)cc2)cc1. The first kappa shape index (κ1) is 13.8. The Balaban J connectivity index is 2.13. The molecule has 0 spiro atoms. The average Bonchev–Trinajstić information content (AvgIpc) is 2.42. The van der Waals surface area contributed by atoms with Crippen LogP contribution in [0.3, 0.4) is 0 Å². The molecule has 0 fully saturated rings. The fourth-order valence-corrected chi connectivity index (χ4v) is 1.62. The van der Waals surface area contributed by atoms with E-state index in [1.165, 1.54) is 24.3 Å². The van der Waals surface area contributed by atoms with Gasteiger partial charge in [-0.2, -0.15) is 8.78 Å². The number of rotatable bonds is 4. The molecule has 0 radical (unpaired) electrons. The minimum Gasteiger partial charge on any atom is -0.457 e. The van der Waals surface area contributed by atoms with Gasteiger partial charge >= 0.3 is 0 Å². The summed E-state index contributed by atoms with van der Waals surface area (Å²) in [4.78, 5) is 0. The van der Waals surface area contributed by atoms with Gasteiger partial charge in [-0.15, -0.1) is 0 Å². The minimum atomic E-state index is -3.24. The van der Waals surface area contributed by atoms with Gasteiger partial charge < -0.3 is 9.84 Å². The highest BCUT2D eigenvalue weighted by Gasteiger charge is 2.30. The average molecular weight is 285 g/mol. The summed E-state index contributed by atoms with van der Waals surface area (Å²) in [7, 11) is 0. The Bertz CT molecular complexity index is 538. The van der Waals surface area contributed by atoms with Crippen LogP contribution in [0.4, 0.5) is 8.78 Å². The fourth-order valence-electron chi connectivity index (χ4n) is 1.50. The van der Waals surface area contributed by atoms with E-state index in [0.29, 0.717) is 16.5 Å². The Hall–Kier alpha value is -1.65. The lowest BCUT2D eigenvalue weighted by atomic mass is 10.1. The van der Waals surface area contributed by atoms with Crippen molar-refractivity contribution in [2.45, 2.75) is 5.92 Å². The standard InChI is InChI=1S/C14H11ClF2O2/c15-11-3-7-13(8-4-11)19-12-5-1-10(2-6-12)14(16,17)9-18/h1-8,18H,9H2. The molecular weight excluding hydrogens is 274 g/mol. The molecule has 0 atom stereocenters. The molecule has 2 aromatic rings. The molecule has 0 saturated carbocycles. The number of halogens is 3. The summed E-state index contributed by atoms with van der Waals surface area (Å²) in [5, 5.41) is 9.17. The van der Waals surface area contributed by atoms with Gasteiger partial charge in [-0.05, 0) is 48.5 Å². The molecule has 0 aromatic heterocycles. The maximum absolute atomic E-state index is 13.2. The van der Waals surface area contributed by atoms with Crippen LogP contribution in [0.5, 0.6) is 11.5 Å². The second-order valence-corrected chi connectivity index (χ2v) is 4.38. The smallest absolute Gasteiger partial charge is 0.295 e. The molecule has 0 heterocycles. The van der Waals surface area contributed by atoms with E-state index in [2.05, 4.69) is 0 Å². The molecular formula is C14H11ClF2O2. The summed E-state index contributed by atoms with van der Waals surface area (Å²) >= 11 is 5.74. The van der Waals surface area contributed by atoms with Crippen molar-refractivity contribution < 1.29 is 18.6 Å². The second kappa shape index (κ2) is 5.55. The molecule has 2 rings (SSSR count). The van der Waals surface area contributed by atoms with Crippen molar-refractivity contribution in [3.63, 3.8) is 0 Å². The van der Waals surface area contributed by atoms with Crippen molar-refractivity contribution in [2.24, 2.45) is 0 Å². The third-order valence-corrected chi connectivity index (χ3v) is 2.78. The number of hydrogen-bond donors (Lipinski definition) is 1.